The predicted octanol–water partition coefficient (Wildman–Crippen LogP) is 5.14. The lowest BCUT2D eigenvalue weighted by molar-refractivity contribution is -0.122. The van der Waals surface area contributed by atoms with Crippen LogP contribution in [0.4, 0.5) is 18.9 Å². The minimum Gasteiger partial charge on any atom is -0.366 e. The molecule has 2 N–H and O–H groups in total. The van der Waals surface area contributed by atoms with Gasteiger partial charge in [0.1, 0.15) is 17.5 Å². The molecule has 9 heteroatoms. The molecule has 0 bridgehead atoms. The molecule has 0 spiro atoms. The summed E-state index contributed by atoms with van der Waals surface area (Å²) in [6.07, 6.45) is 1.67. The fourth-order valence-corrected chi connectivity index (χ4v) is 5.15. The highest BCUT2D eigenvalue weighted by Crippen LogP contribution is 2.34. The molecule has 0 fully saturated rings. The molecule has 40 heavy (non-hydrogen) atoms. The van der Waals surface area contributed by atoms with Crippen LogP contribution >= 0.6 is 0 Å². The van der Waals surface area contributed by atoms with Crippen molar-refractivity contribution < 1.29 is 27.6 Å². The largest absolute Gasteiger partial charge is 0.366 e. The number of Topliss-reactive ketones (excluding diaryl/α,β-unsaturated/α-hetero) is 1. The number of fused-ring (bicyclic) bond motifs is 1. The van der Waals surface area contributed by atoms with Crippen molar-refractivity contribution in [1.29, 1.82) is 0 Å². The summed E-state index contributed by atoms with van der Waals surface area (Å²) < 4.78 is 42.3. The molecule has 2 heterocycles. The lowest BCUT2D eigenvalue weighted by Gasteiger charge is -2.22. The maximum atomic E-state index is 14.2. The van der Waals surface area contributed by atoms with Crippen molar-refractivity contribution in [3.8, 4) is 11.1 Å². The van der Waals surface area contributed by atoms with Gasteiger partial charge >= 0.3 is 0 Å². The molecule has 0 saturated carbocycles. The number of amides is 2. The molecule has 202 valence electrons. The van der Waals surface area contributed by atoms with Crippen LogP contribution in [0, 0.1) is 17.5 Å². The number of ketones is 1. The molecule has 1 aliphatic rings. The van der Waals surface area contributed by atoms with E-state index in [9.17, 15) is 27.6 Å². The van der Waals surface area contributed by atoms with Gasteiger partial charge in [-0.05, 0) is 59.5 Å². The third kappa shape index (κ3) is 5.63. The smallest absolute Gasteiger partial charge is 0.251 e. The molecule has 4 aromatic rings. The van der Waals surface area contributed by atoms with Gasteiger partial charge in [0.25, 0.3) is 5.91 Å². The average molecular weight is 544 g/mol. The second kappa shape index (κ2) is 11.1. The molecule has 5 rings (SSSR count). The summed E-state index contributed by atoms with van der Waals surface area (Å²) >= 11 is 0. The molecular weight excluding hydrogens is 519 g/mol. The normalized spacial score (nSPS) is 13.3. The molecule has 1 aromatic heterocycles. The maximum absolute atomic E-state index is 14.2. The van der Waals surface area contributed by atoms with E-state index in [1.54, 1.807) is 24.3 Å². The number of rotatable bonds is 9. The minimum absolute atomic E-state index is 0.0544. The molecule has 2 amide bonds. The quantitative estimate of drug-likeness (QED) is 0.316. The Labute approximate surface area is 228 Å². The van der Waals surface area contributed by atoms with E-state index < -0.39 is 29.3 Å². The van der Waals surface area contributed by atoms with Crippen molar-refractivity contribution in [2.45, 2.75) is 25.2 Å². The summed E-state index contributed by atoms with van der Waals surface area (Å²) in [6, 6.07) is 17.6. The first-order chi connectivity index (χ1) is 19.2. The van der Waals surface area contributed by atoms with Gasteiger partial charge < -0.3 is 10.6 Å². The van der Waals surface area contributed by atoms with E-state index in [2.05, 4.69) is 4.98 Å². The number of primary amides is 1. The molecule has 1 atom stereocenters. The van der Waals surface area contributed by atoms with Crippen molar-refractivity contribution in [2.75, 3.05) is 11.4 Å². The van der Waals surface area contributed by atoms with Crippen molar-refractivity contribution in [2.24, 2.45) is 5.73 Å². The molecule has 0 aliphatic carbocycles. The van der Waals surface area contributed by atoms with Gasteiger partial charge in [0.2, 0.25) is 5.91 Å². The summed E-state index contributed by atoms with van der Waals surface area (Å²) in [5.41, 5.74) is 8.20. The summed E-state index contributed by atoms with van der Waals surface area (Å²) in [4.78, 5) is 43.8. The van der Waals surface area contributed by atoms with E-state index >= 15 is 0 Å². The molecule has 3 aromatic carbocycles. The van der Waals surface area contributed by atoms with Crippen LogP contribution in [-0.2, 0) is 22.4 Å². The highest BCUT2D eigenvalue weighted by atomic mass is 19.1. The Morgan fingerprint density at radius 1 is 0.950 bits per heavy atom. The summed E-state index contributed by atoms with van der Waals surface area (Å²) in [7, 11) is 0. The van der Waals surface area contributed by atoms with Gasteiger partial charge in [-0.15, -0.1) is 0 Å². The van der Waals surface area contributed by atoms with Crippen molar-refractivity contribution in [3.63, 3.8) is 0 Å². The van der Waals surface area contributed by atoms with Gasteiger partial charge in [-0.1, -0.05) is 30.3 Å². The minimum atomic E-state index is -0.942. The predicted molar refractivity (Wildman–Crippen MR) is 143 cm³/mol. The number of benzene rings is 3. The first kappa shape index (κ1) is 26.8. The van der Waals surface area contributed by atoms with Crippen LogP contribution in [0.15, 0.2) is 79.0 Å². The van der Waals surface area contributed by atoms with Gasteiger partial charge in [0.15, 0.2) is 5.78 Å². The van der Waals surface area contributed by atoms with E-state index in [-0.39, 0.29) is 43.1 Å². The molecule has 0 unspecified atom stereocenters. The monoisotopic (exact) mass is 543 g/mol. The number of halogens is 3. The van der Waals surface area contributed by atoms with Gasteiger partial charge in [0.05, 0.1) is 24.2 Å². The number of anilines is 1. The zero-order chi connectivity index (χ0) is 28.4. The fraction of sp³-hybridized carbons (Fsp3) is 0.161. The summed E-state index contributed by atoms with van der Waals surface area (Å²) in [5.74, 6) is -4.38. The average Bonchev–Trinajstić information content (AvgIpc) is 3.22. The van der Waals surface area contributed by atoms with Gasteiger partial charge in [-0.25, -0.2) is 13.2 Å². The van der Waals surface area contributed by atoms with Crippen molar-refractivity contribution in [3.05, 3.63) is 119 Å². The third-order valence-corrected chi connectivity index (χ3v) is 6.91. The van der Waals surface area contributed by atoms with E-state index in [1.165, 1.54) is 35.4 Å². The molecule has 0 saturated heterocycles. The van der Waals surface area contributed by atoms with Crippen LogP contribution in [0.1, 0.15) is 39.5 Å². The number of hydrogen-bond acceptors (Lipinski definition) is 4. The van der Waals surface area contributed by atoms with E-state index in [1.807, 2.05) is 12.1 Å². The Morgan fingerprint density at radius 2 is 1.70 bits per heavy atom. The zero-order valence-electron chi connectivity index (χ0n) is 21.2. The Morgan fingerprint density at radius 3 is 2.45 bits per heavy atom. The van der Waals surface area contributed by atoms with Gasteiger partial charge in [-0.2, -0.15) is 0 Å². The maximum Gasteiger partial charge on any atom is 0.251 e. The molecular formula is C31H24F3N3O3. The SMILES string of the molecule is NC(=O)c1cc(-c2cccnc2[C@@H](CC(=O)CN2C(=O)Cc3ccccc32)Cc2cc(F)cc(F)c2)ccc1F. The number of carbonyl (C=O) groups is 3. The Kier molecular flexibility index (Phi) is 7.46. The highest BCUT2D eigenvalue weighted by molar-refractivity contribution is 6.05. The number of nitrogens with two attached hydrogens (primary N) is 1. The zero-order valence-corrected chi connectivity index (χ0v) is 21.2. The van der Waals surface area contributed by atoms with Crippen LogP contribution in [0.2, 0.25) is 0 Å². The van der Waals surface area contributed by atoms with Crippen molar-refractivity contribution >= 4 is 23.3 Å². The fourth-order valence-electron chi connectivity index (χ4n) is 5.15. The summed E-state index contributed by atoms with van der Waals surface area (Å²) in [5, 5.41) is 0. The number of para-hydroxylation sites is 1. The van der Waals surface area contributed by atoms with Gasteiger partial charge in [-0.3, -0.25) is 19.4 Å². The van der Waals surface area contributed by atoms with Crippen LogP contribution in [0.5, 0.6) is 0 Å². The lowest BCUT2D eigenvalue weighted by atomic mass is 9.86. The standard InChI is InChI=1S/C31H24F3N3O3/c32-22-11-18(12-23(33)16-22)10-21(13-24(38)17-37-28-6-2-1-4-20(28)15-29(37)39)30-25(5-3-9-36-30)19-7-8-27(34)26(14-19)31(35)40/h1-9,11-12,14,16,21H,10,13,15,17H2,(H2,35,40)/t21-/m1/s1. The topological polar surface area (TPSA) is 93.4 Å². The van der Waals surface area contributed by atoms with Gasteiger partial charge in [0, 0.05) is 35.9 Å². The van der Waals surface area contributed by atoms with Crippen LogP contribution < -0.4 is 10.6 Å². The van der Waals surface area contributed by atoms with Crippen LogP contribution in [-0.4, -0.2) is 29.1 Å². The number of nitrogens with zero attached hydrogens (tertiary/aromatic N) is 2. The number of aromatic nitrogens is 1. The number of pyridine rings is 1. The lowest BCUT2D eigenvalue weighted by Crippen LogP contribution is -2.33. The number of carbonyl (C=O) groups excluding carboxylic acids is 3. The second-order valence-corrected chi connectivity index (χ2v) is 9.70. The van der Waals surface area contributed by atoms with E-state index in [0.717, 1.165) is 17.7 Å². The first-order valence-corrected chi connectivity index (χ1v) is 12.6. The van der Waals surface area contributed by atoms with E-state index in [4.69, 9.17) is 5.73 Å². The molecule has 1 aliphatic heterocycles. The summed E-state index contributed by atoms with van der Waals surface area (Å²) in [6.45, 7) is -0.172. The van der Waals surface area contributed by atoms with E-state index in [0.29, 0.717) is 28.1 Å². The van der Waals surface area contributed by atoms with Crippen LogP contribution in [0.25, 0.3) is 11.1 Å². The third-order valence-electron chi connectivity index (χ3n) is 6.91. The second-order valence-electron chi connectivity index (χ2n) is 9.70. The van der Waals surface area contributed by atoms with Crippen LogP contribution in [0.3, 0.4) is 0 Å². The Bertz CT molecular complexity index is 1620. The Hall–Kier alpha value is -4.79. The first-order valence-electron chi connectivity index (χ1n) is 12.6. The molecule has 6 nitrogen and oxygen atoms in total. The molecule has 0 radical (unpaired) electrons. The number of hydrogen-bond donors (Lipinski definition) is 1. The Balaban J connectivity index is 1.51. The van der Waals surface area contributed by atoms with Crippen molar-refractivity contribution in [1.82, 2.24) is 4.98 Å². The highest BCUT2D eigenvalue weighted by Gasteiger charge is 2.30.